The molecule has 0 aliphatic heterocycles. The van der Waals surface area contributed by atoms with Crippen molar-refractivity contribution in [3.8, 4) is 21.8 Å². The largest absolute Gasteiger partial charge is 0.252 e. The Morgan fingerprint density at radius 1 is 0.926 bits per heavy atom. The van der Waals surface area contributed by atoms with Crippen LogP contribution in [0.25, 0.3) is 21.8 Å². The van der Waals surface area contributed by atoms with E-state index in [2.05, 4.69) is 32.6 Å². The summed E-state index contributed by atoms with van der Waals surface area (Å²) in [6.07, 6.45) is 0. The number of rotatable bonds is 5. The normalized spacial score (nSPS) is 11.6. The summed E-state index contributed by atoms with van der Waals surface area (Å²) in [7, 11) is 0. The molecule has 134 valence electrons. The molecule has 0 amide bonds. The molecule has 0 atom stereocenters. The highest BCUT2D eigenvalue weighted by molar-refractivity contribution is 7.14. The van der Waals surface area contributed by atoms with Crippen LogP contribution in [0.4, 0.5) is 5.13 Å². The Labute approximate surface area is 170 Å². The molecule has 1 N–H and O–H groups in total. The standard InChI is InChI=1S/C20H15ClN4S2/c1-13(17-11-26-19(22-17)15-5-3-2-4-6-15)24-25-20-23-18(12-27-20)14-7-9-16(21)10-8-14/h2-12H,1H3,(H,23,25)/b24-13+. The maximum atomic E-state index is 5.93. The third-order valence-electron chi connectivity index (χ3n) is 3.86. The van der Waals surface area contributed by atoms with Crippen molar-refractivity contribution >= 4 is 45.1 Å². The average Bonchev–Trinajstić information content (AvgIpc) is 3.37. The van der Waals surface area contributed by atoms with E-state index >= 15 is 0 Å². The van der Waals surface area contributed by atoms with Crippen molar-refractivity contribution in [1.82, 2.24) is 9.97 Å². The molecule has 0 fully saturated rings. The maximum Gasteiger partial charge on any atom is 0.203 e. The van der Waals surface area contributed by atoms with Crippen molar-refractivity contribution in [3.63, 3.8) is 0 Å². The number of aromatic nitrogens is 2. The van der Waals surface area contributed by atoms with Gasteiger partial charge in [0, 0.05) is 26.9 Å². The fourth-order valence-electron chi connectivity index (χ4n) is 2.42. The fourth-order valence-corrected chi connectivity index (χ4v) is 4.08. The van der Waals surface area contributed by atoms with E-state index in [-0.39, 0.29) is 0 Å². The van der Waals surface area contributed by atoms with Crippen LogP contribution in [0, 0.1) is 0 Å². The van der Waals surface area contributed by atoms with Gasteiger partial charge in [0.05, 0.1) is 17.1 Å². The second-order valence-electron chi connectivity index (χ2n) is 5.76. The number of nitrogens with one attached hydrogen (secondary N) is 1. The number of hydrogen-bond donors (Lipinski definition) is 1. The molecule has 0 unspecified atom stereocenters. The molecule has 4 rings (SSSR count). The minimum atomic E-state index is 0.714. The van der Waals surface area contributed by atoms with Gasteiger partial charge in [0.1, 0.15) is 5.01 Å². The van der Waals surface area contributed by atoms with Gasteiger partial charge in [-0.15, -0.1) is 22.7 Å². The number of thiazole rings is 2. The lowest BCUT2D eigenvalue weighted by atomic mass is 10.2. The predicted octanol–water partition coefficient (Wildman–Crippen LogP) is 6.42. The van der Waals surface area contributed by atoms with Gasteiger partial charge in [-0.3, -0.25) is 5.43 Å². The van der Waals surface area contributed by atoms with Crippen LogP contribution in [0.15, 0.2) is 70.5 Å². The number of anilines is 1. The van der Waals surface area contributed by atoms with Crippen molar-refractivity contribution in [2.45, 2.75) is 6.92 Å². The lowest BCUT2D eigenvalue weighted by Crippen LogP contribution is -2.00. The van der Waals surface area contributed by atoms with Gasteiger partial charge in [0.15, 0.2) is 0 Å². The third kappa shape index (κ3) is 4.24. The Bertz CT molecular complexity index is 1070. The molecule has 2 aromatic heterocycles. The Morgan fingerprint density at radius 2 is 1.70 bits per heavy atom. The summed E-state index contributed by atoms with van der Waals surface area (Å²) >= 11 is 9.05. The summed E-state index contributed by atoms with van der Waals surface area (Å²) in [5.41, 5.74) is 7.74. The van der Waals surface area contributed by atoms with E-state index in [1.165, 1.54) is 11.3 Å². The van der Waals surface area contributed by atoms with Crippen molar-refractivity contribution < 1.29 is 0 Å². The van der Waals surface area contributed by atoms with Gasteiger partial charge in [-0.25, -0.2) is 9.97 Å². The van der Waals surface area contributed by atoms with E-state index in [0.717, 1.165) is 38.4 Å². The second-order valence-corrected chi connectivity index (χ2v) is 7.91. The number of benzene rings is 2. The van der Waals surface area contributed by atoms with E-state index in [9.17, 15) is 0 Å². The molecule has 0 saturated heterocycles. The summed E-state index contributed by atoms with van der Waals surface area (Å²) in [5, 5.41) is 10.9. The van der Waals surface area contributed by atoms with Gasteiger partial charge in [0.25, 0.3) is 0 Å². The summed E-state index contributed by atoms with van der Waals surface area (Å²) in [5.74, 6) is 0. The average molecular weight is 411 g/mol. The monoisotopic (exact) mass is 410 g/mol. The highest BCUT2D eigenvalue weighted by atomic mass is 35.5. The van der Waals surface area contributed by atoms with Crippen LogP contribution >= 0.6 is 34.3 Å². The first kappa shape index (κ1) is 17.9. The first-order chi connectivity index (χ1) is 13.2. The molecule has 4 aromatic rings. The van der Waals surface area contributed by atoms with Crippen LogP contribution in [0.1, 0.15) is 12.6 Å². The summed E-state index contributed by atoms with van der Waals surface area (Å²) in [4.78, 5) is 9.24. The molecular formula is C20H15ClN4S2. The minimum Gasteiger partial charge on any atom is -0.252 e. The van der Waals surface area contributed by atoms with Crippen LogP contribution in [0.5, 0.6) is 0 Å². The zero-order chi connectivity index (χ0) is 18.6. The predicted molar refractivity (Wildman–Crippen MR) is 116 cm³/mol. The van der Waals surface area contributed by atoms with Gasteiger partial charge in [-0.1, -0.05) is 54.1 Å². The maximum absolute atomic E-state index is 5.93. The smallest absolute Gasteiger partial charge is 0.203 e. The third-order valence-corrected chi connectivity index (χ3v) is 5.75. The molecule has 2 heterocycles. The van der Waals surface area contributed by atoms with Gasteiger partial charge in [-0.2, -0.15) is 5.10 Å². The molecule has 0 radical (unpaired) electrons. The summed E-state index contributed by atoms with van der Waals surface area (Å²) < 4.78 is 0. The van der Waals surface area contributed by atoms with E-state index in [1.807, 2.05) is 60.1 Å². The fraction of sp³-hybridized carbons (Fsp3) is 0.0500. The Kier molecular flexibility index (Phi) is 5.29. The van der Waals surface area contributed by atoms with Crippen molar-refractivity contribution in [1.29, 1.82) is 0 Å². The van der Waals surface area contributed by atoms with E-state index in [4.69, 9.17) is 11.6 Å². The topological polar surface area (TPSA) is 50.2 Å². The first-order valence-electron chi connectivity index (χ1n) is 8.22. The second kappa shape index (κ2) is 8.00. The Hall–Kier alpha value is -2.54. The molecule has 27 heavy (non-hydrogen) atoms. The van der Waals surface area contributed by atoms with Gasteiger partial charge >= 0.3 is 0 Å². The van der Waals surface area contributed by atoms with Gasteiger partial charge in [-0.05, 0) is 19.1 Å². The van der Waals surface area contributed by atoms with E-state index in [1.54, 1.807) is 11.3 Å². The van der Waals surface area contributed by atoms with E-state index < -0.39 is 0 Å². The molecule has 0 saturated carbocycles. The van der Waals surface area contributed by atoms with Crippen LogP contribution in [-0.4, -0.2) is 15.7 Å². The Balaban J connectivity index is 1.47. The molecule has 0 aliphatic rings. The number of hydrazone groups is 1. The van der Waals surface area contributed by atoms with Crippen molar-refractivity contribution in [3.05, 3.63) is 76.1 Å². The zero-order valence-electron chi connectivity index (χ0n) is 14.4. The number of hydrogen-bond acceptors (Lipinski definition) is 6. The quantitative estimate of drug-likeness (QED) is 0.305. The van der Waals surface area contributed by atoms with Crippen LogP contribution in [0.2, 0.25) is 5.02 Å². The Morgan fingerprint density at radius 3 is 2.48 bits per heavy atom. The molecule has 0 spiro atoms. The lowest BCUT2D eigenvalue weighted by Gasteiger charge is -1.98. The lowest BCUT2D eigenvalue weighted by molar-refractivity contribution is 1.25. The summed E-state index contributed by atoms with van der Waals surface area (Å²) in [6.45, 7) is 1.94. The first-order valence-corrected chi connectivity index (χ1v) is 10.4. The van der Waals surface area contributed by atoms with Gasteiger partial charge in [0.2, 0.25) is 5.13 Å². The van der Waals surface area contributed by atoms with Crippen LogP contribution in [-0.2, 0) is 0 Å². The van der Waals surface area contributed by atoms with Crippen molar-refractivity contribution in [2.24, 2.45) is 5.10 Å². The number of nitrogens with zero attached hydrogens (tertiary/aromatic N) is 3. The molecule has 0 aliphatic carbocycles. The number of halogens is 1. The van der Waals surface area contributed by atoms with Gasteiger partial charge < -0.3 is 0 Å². The van der Waals surface area contributed by atoms with E-state index in [0.29, 0.717) is 5.02 Å². The molecule has 4 nitrogen and oxygen atoms in total. The zero-order valence-corrected chi connectivity index (χ0v) is 16.8. The van der Waals surface area contributed by atoms with Crippen molar-refractivity contribution in [2.75, 3.05) is 5.43 Å². The summed E-state index contributed by atoms with van der Waals surface area (Å²) in [6, 6.07) is 17.8. The molecule has 2 aromatic carbocycles. The highest BCUT2D eigenvalue weighted by Crippen LogP contribution is 2.26. The van der Waals surface area contributed by atoms with Crippen LogP contribution < -0.4 is 5.43 Å². The SMILES string of the molecule is C/C(=N\Nc1nc(-c2ccc(Cl)cc2)cs1)c1csc(-c2ccccc2)n1. The molecule has 7 heteroatoms. The molecular weight excluding hydrogens is 396 g/mol. The minimum absolute atomic E-state index is 0.714. The highest BCUT2D eigenvalue weighted by Gasteiger charge is 2.08. The van der Waals surface area contributed by atoms with Crippen LogP contribution in [0.3, 0.4) is 0 Å². The molecule has 0 bridgehead atoms.